The topological polar surface area (TPSA) is 37.3 Å². The summed E-state index contributed by atoms with van der Waals surface area (Å²) < 4.78 is 0. The molecule has 0 heterocycles. The third-order valence-electron chi connectivity index (χ3n) is 2.80. The van der Waals surface area contributed by atoms with Gasteiger partial charge < -0.3 is 5.11 Å². The Kier molecular flexibility index (Phi) is 3.58. The molecule has 0 unspecified atom stereocenters. The van der Waals surface area contributed by atoms with Gasteiger partial charge in [0.05, 0.1) is 5.56 Å². The lowest BCUT2D eigenvalue weighted by atomic mass is 9.95. The maximum Gasteiger partial charge on any atom is 0.335 e. The zero-order chi connectivity index (χ0) is 13.0. The van der Waals surface area contributed by atoms with Crippen LogP contribution in [0.5, 0.6) is 0 Å². The summed E-state index contributed by atoms with van der Waals surface area (Å²) in [5.74, 6) is -0.903. The van der Waals surface area contributed by atoms with Crippen molar-refractivity contribution in [3.63, 3.8) is 0 Å². The fraction of sp³-hybridized carbons (Fsp3) is 0.0625. The Morgan fingerprint density at radius 1 is 1.17 bits per heavy atom. The highest BCUT2D eigenvalue weighted by Gasteiger charge is 2.08. The van der Waals surface area contributed by atoms with E-state index in [-0.39, 0.29) is 0 Å². The predicted molar refractivity (Wildman–Crippen MR) is 72.7 cm³/mol. The SMILES string of the molecule is C=CCc1cc(C(=O)O)ccc1-c1ccccc1. The fourth-order valence-corrected chi connectivity index (χ4v) is 1.95. The van der Waals surface area contributed by atoms with Crippen LogP contribution in [0, 0.1) is 0 Å². The summed E-state index contributed by atoms with van der Waals surface area (Å²) >= 11 is 0. The van der Waals surface area contributed by atoms with Gasteiger partial charge in [0.1, 0.15) is 0 Å². The van der Waals surface area contributed by atoms with Gasteiger partial charge >= 0.3 is 5.97 Å². The Hall–Kier alpha value is -2.35. The van der Waals surface area contributed by atoms with Crippen molar-refractivity contribution < 1.29 is 9.90 Å². The van der Waals surface area contributed by atoms with Crippen molar-refractivity contribution in [3.05, 3.63) is 72.3 Å². The summed E-state index contributed by atoms with van der Waals surface area (Å²) in [5.41, 5.74) is 3.44. The monoisotopic (exact) mass is 238 g/mol. The van der Waals surface area contributed by atoms with Crippen LogP contribution in [0.2, 0.25) is 0 Å². The number of carboxylic acids is 1. The molecule has 0 saturated heterocycles. The lowest BCUT2D eigenvalue weighted by Crippen LogP contribution is -1.98. The molecule has 90 valence electrons. The molecule has 2 aromatic rings. The number of hydrogen-bond donors (Lipinski definition) is 1. The van der Waals surface area contributed by atoms with Crippen LogP contribution in [0.1, 0.15) is 15.9 Å². The zero-order valence-corrected chi connectivity index (χ0v) is 9.97. The van der Waals surface area contributed by atoms with Crippen LogP contribution >= 0.6 is 0 Å². The second-order valence-corrected chi connectivity index (χ2v) is 4.04. The van der Waals surface area contributed by atoms with E-state index in [9.17, 15) is 4.79 Å². The molecule has 2 aromatic carbocycles. The van der Waals surface area contributed by atoms with Crippen molar-refractivity contribution in [2.75, 3.05) is 0 Å². The minimum absolute atomic E-state index is 0.312. The molecule has 2 nitrogen and oxygen atoms in total. The van der Waals surface area contributed by atoms with Gasteiger partial charge in [0.2, 0.25) is 0 Å². The molecule has 0 amide bonds. The van der Waals surface area contributed by atoms with Crippen molar-refractivity contribution in [2.24, 2.45) is 0 Å². The largest absolute Gasteiger partial charge is 0.478 e. The third-order valence-corrected chi connectivity index (χ3v) is 2.80. The molecule has 2 heteroatoms. The fourth-order valence-electron chi connectivity index (χ4n) is 1.95. The van der Waals surface area contributed by atoms with E-state index < -0.39 is 5.97 Å². The number of rotatable bonds is 4. The molecule has 1 N–H and O–H groups in total. The number of allylic oxidation sites excluding steroid dienone is 1. The Morgan fingerprint density at radius 2 is 1.89 bits per heavy atom. The van der Waals surface area contributed by atoms with Gasteiger partial charge in [-0.2, -0.15) is 0 Å². The first-order chi connectivity index (χ1) is 8.72. The molecule has 0 aromatic heterocycles. The van der Waals surface area contributed by atoms with Crippen LogP contribution in [-0.2, 0) is 6.42 Å². The number of carboxylic acid groups (broad SMARTS) is 1. The molecule has 0 bridgehead atoms. The maximum absolute atomic E-state index is 11.0. The van der Waals surface area contributed by atoms with E-state index in [0.717, 1.165) is 16.7 Å². The molecule has 0 aliphatic heterocycles. The lowest BCUT2D eigenvalue weighted by Gasteiger charge is -2.09. The lowest BCUT2D eigenvalue weighted by molar-refractivity contribution is 0.0697. The van der Waals surface area contributed by atoms with Crippen molar-refractivity contribution in [1.82, 2.24) is 0 Å². The smallest absolute Gasteiger partial charge is 0.335 e. The summed E-state index contributed by atoms with van der Waals surface area (Å²) in [5, 5.41) is 9.01. The van der Waals surface area contributed by atoms with Crippen LogP contribution in [0.4, 0.5) is 0 Å². The number of aromatic carboxylic acids is 1. The molecule has 0 radical (unpaired) electrons. The van der Waals surface area contributed by atoms with Crippen LogP contribution in [0.25, 0.3) is 11.1 Å². The van der Waals surface area contributed by atoms with Gasteiger partial charge in [-0.1, -0.05) is 42.5 Å². The average molecular weight is 238 g/mol. The van der Waals surface area contributed by atoms with Crippen LogP contribution in [-0.4, -0.2) is 11.1 Å². The van der Waals surface area contributed by atoms with E-state index in [4.69, 9.17) is 5.11 Å². The summed E-state index contributed by atoms with van der Waals surface area (Å²) in [7, 11) is 0. The van der Waals surface area contributed by atoms with E-state index in [2.05, 4.69) is 6.58 Å². The summed E-state index contributed by atoms with van der Waals surface area (Å²) in [6, 6.07) is 15.1. The standard InChI is InChI=1S/C16H14O2/c1-2-6-13-11-14(16(17)18)9-10-15(13)12-7-4-3-5-8-12/h2-5,7-11H,1,6H2,(H,17,18). The first-order valence-corrected chi connectivity index (χ1v) is 5.75. The van der Waals surface area contributed by atoms with Gasteiger partial charge in [-0.25, -0.2) is 4.79 Å². The Morgan fingerprint density at radius 3 is 2.50 bits per heavy atom. The Balaban J connectivity index is 2.53. The Bertz CT molecular complexity index is 571. The first-order valence-electron chi connectivity index (χ1n) is 5.75. The summed E-state index contributed by atoms with van der Waals surface area (Å²) in [6.07, 6.45) is 2.44. The summed E-state index contributed by atoms with van der Waals surface area (Å²) in [4.78, 5) is 11.0. The molecule has 0 saturated carbocycles. The molecule has 0 aliphatic rings. The van der Waals surface area contributed by atoms with Gasteiger partial charge in [0, 0.05) is 0 Å². The van der Waals surface area contributed by atoms with E-state index in [1.807, 2.05) is 36.4 Å². The van der Waals surface area contributed by atoms with Crippen LogP contribution < -0.4 is 0 Å². The van der Waals surface area contributed by atoms with Gasteiger partial charge in [-0.05, 0) is 35.2 Å². The Labute approximate surface area is 106 Å². The van der Waals surface area contributed by atoms with Gasteiger partial charge in [-0.15, -0.1) is 6.58 Å². The van der Waals surface area contributed by atoms with Crippen molar-refractivity contribution in [3.8, 4) is 11.1 Å². The quantitative estimate of drug-likeness (QED) is 0.823. The number of carbonyl (C=O) groups is 1. The minimum Gasteiger partial charge on any atom is -0.478 e. The molecule has 0 atom stereocenters. The van der Waals surface area contributed by atoms with Gasteiger partial charge in [0.25, 0.3) is 0 Å². The van der Waals surface area contributed by atoms with Crippen LogP contribution in [0.3, 0.4) is 0 Å². The van der Waals surface area contributed by atoms with E-state index in [1.54, 1.807) is 18.2 Å². The van der Waals surface area contributed by atoms with E-state index in [0.29, 0.717) is 12.0 Å². The average Bonchev–Trinajstić information content (AvgIpc) is 2.40. The molecule has 0 aliphatic carbocycles. The van der Waals surface area contributed by atoms with Crippen molar-refractivity contribution in [1.29, 1.82) is 0 Å². The number of hydrogen-bond acceptors (Lipinski definition) is 1. The minimum atomic E-state index is -0.903. The van der Waals surface area contributed by atoms with Crippen molar-refractivity contribution >= 4 is 5.97 Å². The molecule has 2 rings (SSSR count). The molecular formula is C16H14O2. The third kappa shape index (κ3) is 2.48. The molecule has 0 fully saturated rings. The van der Waals surface area contributed by atoms with E-state index in [1.165, 1.54) is 0 Å². The van der Waals surface area contributed by atoms with Gasteiger partial charge in [0.15, 0.2) is 0 Å². The van der Waals surface area contributed by atoms with Crippen molar-refractivity contribution in [2.45, 2.75) is 6.42 Å². The molecule has 0 spiro atoms. The molecular weight excluding hydrogens is 224 g/mol. The van der Waals surface area contributed by atoms with Crippen LogP contribution in [0.15, 0.2) is 61.2 Å². The molecule has 18 heavy (non-hydrogen) atoms. The highest BCUT2D eigenvalue weighted by atomic mass is 16.4. The zero-order valence-electron chi connectivity index (χ0n) is 9.97. The van der Waals surface area contributed by atoms with E-state index >= 15 is 0 Å². The highest BCUT2D eigenvalue weighted by Crippen LogP contribution is 2.25. The summed E-state index contributed by atoms with van der Waals surface area (Å²) in [6.45, 7) is 3.72. The maximum atomic E-state index is 11.0. The highest BCUT2D eigenvalue weighted by molar-refractivity contribution is 5.89. The predicted octanol–water partition coefficient (Wildman–Crippen LogP) is 3.78. The second kappa shape index (κ2) is 5.32. The number of benzene rings is 2. The normalized spacial score (nSPS) is 10.0. The second-order valence-electron chi connectivity index (χ2n) is 4.04. The van der Waals surface area contributed by atoms with Gasteiger partial charge in [-0.3, -0.25) is 0 Å². The first kappa shape index (κ1) is 12.1.